The van der Waals surface area contributed by atoms with Gasteiger partial charge in [0.05, 0.1) is 17.8 Å². The Morgan fingerprint density at radius 2 is 1.91 bits per heavy atom. The Balaban J connectivity index is 2.10. The van der Waals surface area contributed by atoms with Gasteiger partial charge in [0.1, 0.15) is 6.29 Å². The number of hydrogen-bond donors (Lipinski definition) is 0. The van der Waals surface area contributed by atoms with Crippen molar-refractivity contribution in [2.75, 3.05) is 0 Å². The fourth-order valence-electron chi connectivity index (χ4n) is 2.56. The maximum atomic E-state index is 10.7. The van der Waals surface area contributed by atoms with Crippen molar-refractivity contribution < 1.29 is 4.79 Å². The number of aldehydes is 1. The van der Waals surface area contributed by atoms with Gasteiger partial charge in [0.15, 0.2) is 0 Å². The molecule has 0 aliphatic rings. The highest BCUT2D eigenvalue weighted by Gasteiger charge is 2.12. The summed E-state index contributed by atoms with van der Waals surface area (Å²) in [7, 11) is 0. The Bertz CT molecular complexity index is 835. The predicted octanol–water partition coefficient (Wildman–Crippen LogP) is 4.44. The van der Waals surface area contributed by atoms with Crippen LogP contribution in [0, 0.1) is 6.92 Å². The Kier molecular flexibility index (Phi) is 4.19. The fraction of sp³-hybridized carbons (Fsp3) is 0.176. The second-order valence-electron chi connectivity index (χ2n) is 5.17. The van der Waals surface area contributed by atoms with Crippen LogP contribution in [0.5, 0.6) is 0 Å². The lowest BCUT2D eigenvalue weighted by molar-refractivity contribution is -0.107. The Labute approximate surface area is 138 Å². The van der Waals surface area contributed by atoms with E-state index in [1.54, 1.807) is 0 Å². The lowest BCUT2D eigenvalue weighted by Crippen LogP contribution is -2.03. The summed E-state index contributed by atoms with van der Waals surface area (Å²) in [4.78, 5) is 10.7. The molecule has 0 amide bonds. The first-order chi connectivity index (χ1) is 10.6. The number of hydrogen-bond acceptors (Lipinski definition) is 2. The molecule has 0 unspecified atom stereocenters. The van der Waals surface area contributed by atoms with Crippen molar-refractivity contribution in [1.29, 1.82) is 0 Å². The Hall–Kier alpha value is -1.84. The summed E-state index contributed by atoms with van der Waals surface area (Å²) in [5.74, 6) is 0. The van der Waals surface area contributed by atoms with Crippen molar-refractivity contribution in [1.82, 2.24) is 9.78 Å². The van der Waals surface area contributed by atoms with Crippen LogP contribution < -0.4 is 0 Å². The first-order valence-electron chi connectivity index (χ1n) is 6.92. The molecule has 5 heteroatoms. The SMILES string of the molecule is Cc1nn(Cc2c(Cl)cccc2Cl)c2cc(CC=O)ccc12. The van der Waals surface area contributed by atoms with Crippen molar-refractivity contribution in [3.05, 3.63) is 63.3 Å². The molecule has 0 fully saturated rings. The van der Waals surface area contributed by atoms with Gasteiger partial charge in [-0.15, -0.1) is 0 Å². The largest absolute Gasteiger partial charge is 0.303 e. The maximum absolute atomic E-state index is 10.7. The number of benzene rings is 2. The minimum Gasteiger partial charge on any atom is -0.303 e. The van der Waals surface area contributed by atoms with Gasteiger partial charge < -0.3 is 4.79 Å². The second-order valence-corrected chi connectivity index (χ2v) is 5.98. The average Bonchev–Trinajstić information content (AvgIpc) is 2.80. The number of fused-ring (bicyclic) bond motifs is 1. The van der Waals surface area contributed by atoms with Gasteiger partial charge >= 0.3 is 0 Å². The minimum absolute atomic E-state index is 0.396. The third kappa shape index (κ3) is 2.74. The van der Waals surface area contributed by atoms with Gasteiger partial charge in [-0.05, 0) is 30.7 Å². The van der Waals surface area contributed by atoms with Crippen LogP contribution in [0.4, 0.5) is 0 Å². The monoisotopic (exact) mass is 332 g/mol. The van der Waals surface area contributed by atoms with Gasteiger partial charge in [-0.3, -0.25) is 4.68 Å². The highest BCUT2D eigenvalue weighted by Crippen LogP contribution is 2.27. The van der Waals surface area contributed by atoms with E-state index in [0.29, 0.717) is 23.0 Å². The van der Waals surface area contributed by atoms with Gasteiger partial charge in [-0.1, -0.05) is 41.4 Å². The highest BCUT2D eigenvalue weighted by atomic mass is 35.5. The quantitative estimate of drug-likeness (QED) is 0.662. The number of nitrogens with zero attached hydrogens (tertiary/aromatic N) is 2. The third-order valence-corrected chi connectivity index (χ3v) is 4.40. The van der Waals surface area contributed by atoms with Gasteiger partial charge in [-0.25, -0.2) is 0 Å². The molecule has 112 valence electrons. The van der Waals surface area contributed by atoms with E-state index >= 15 is 0 Å². The molecule has 0 aliphatic carbocycles. The number of carbonyl (C=O) groups is 1. The van der Waals surface area contributed by atoms with Crippen LogP contribution in [0.3, 0.4) is 0 Å². The summed E-state index contributed by atoms with van der Waals surface area (Å²) in [5, 5.41) is 6.89. The standard InChI is InChI=1S/C17H14Cl2N2O/c1-11-13-6-5-12(7-8-22)9-17(13)21(20-11)10-14-15(18)3-2-4-16(14)19/h2-6,8-9H,7,10H2,1H3. The van der Waals surface area contributed by atoms with E-state index < -0.39 is 0 Å². The summed E-state index contributed by atoms with van der Waals surface area (Å²) < 4.78 is 1.88. The summed E-state index contributed by atoms with van der Waals surface area (Å²) in [6.45, 7) is 2.46. The molecule has 0 aliphatic heterocycles. The smallest absolute Gasteiger partial charge is 0.124 e. The number of carbonyl (C=O) groups excluding carboxylic acids is 1. The van der Waals surface area contributed by atoms with E-state index in [2.05, 4.69) is 5.10 Å². The molecule has 1 aromatic heterocycles. The molecular formula is C17H14Cl2N2O. The molecule has 0 saturated heterocycles. The molecule has 3 nitrogen and oxygen atoms in total. The van der Waals surface area contributed by atoms with Crippen LogP contribution in [-0.2, 0) is 17.8 Å². The molecule has 0 saturated carbocycles. The first-order valence-corrected chi connectivity index (χ1v) is 7.68. The molecule has 0 atom stereocenters. The van der Waals surface area contributed by atoms with Crippen molar-refractivity contribution >= 4 is 40.4 Å². The molecule has 3 rings (SSSR count). The molecule has 0 radical (unpaired) electrons. The van der Waals surface area contributed by atoms with E-state index in [1.165, 1.54) is 0 Å². The minimum atomic E-state index is 0.396. The molecule has 0 bridgehead atoms. The van der Waals surface area contributed by atoms with Crippen LogP contribution >= 0.6 is 23.2 Å². The van der Waals surface area contributed by atoms with Crippen LogP contribution in [0.2, 0.25) is 10.0 Å². The van der Waals surface area contributed by atoms with Crippen LogP contribution in [0.15, 0.2) is 36.4 Å². The summed E-state index contributed by atoms with van der Waals surface area (Å²) >= 11 is 12.5. The topological polar surface area (TPSA) is 34.9 Å². The lowest BCUT2D eigenvalue weighted by Gasteiger charge is -2.08. The van der Waals surface area contributed by atoms with Crippen molar-refractivity contribution in [3.8, 4) is 0 Å². The maximum Gasteiger partial charge on any atom is 0.124 e. The Morgan fingerprint density at radius 3 is 2.59 bits per heavy atom. The average molecular weight is 333 g/mol. The first kappa shape index (κ1) is 15.1. The normalized spacial score (nSPS) is 11.0. The highest BCUT2D eigenvalue weighted by molar-refractivity contribution is 6.36. The van der Waals surface area contributed by atoms with Crippen molar-refractivity contribution in [2.45, 2.75) is 19.9 Å². The van der Waals surface area contributed by atoms with Crippen molar-refractivity contribution in [2.24, 2.45) is 0 Å². The summed E-state index contributed by atoms with van der Waals surface area (Å²) in [5.41, 5.74) is 3.73. The van der Waals surface area contributed by atoms with E-state index in [4.69, 9.17) is 23.2 Å². The molecule has 2 aromatic carbocycles. The molecule has 0 spiro atoms. The van der Waals surface area contributed by atoms with E-state index in [-0.39, 0.29) is 0 Å². The Morgan fingerprint density at radius 1 is 1.18 bits per heavy atom. The van der Waals surface area contributed by atoms with Crippen LogP contribution in [0.25, 0.3) is 10.9 Å². The molecular weight excluding hydrogens is 319 g/mol. The van der Waals surface area contributed by atoms with Crippen molar-refractivity contribution in [3.63, 3.8) is 0 Å². The van der Waals surface area contributed by atoms with Crippen LogP contribution in [0.1, 0.15) is 16.8 Å². The molecule has 0 N–H and O–H groups in total. The van der Waals surface area contributed by atoms with E-state index in [9.17, 15) is 4.79 Å². The zero-order chi connectivity index (χ0) is 15.7. The number of aryl methyl sites for hydroxylation is 1. The van der Waals surface area contributed by atoms with Gasteiger partial charge in [-0.2, -0.15) is 5.10 Å². The van der Waals surface area contributed by atoms with Gasteiger partial charge in [0.25, 0.3) is 0 Å². The predicted molar refractivity (Wildman–Crippen MR) is 89.8 cm³/mol. The summed E-state index contributed by atoms with van der Waals surface area (Å²) in [6.07, 6.45) is 1.30. The fourth-order valence-corrected chi connectivity index (χ4v) is 3.08. The van der Waals surface area contributed by atoms with Crippen LogP contribution in [-0.4, -0.2) is 16.1 Å². The van der Waals surface area contributed by atoms with Gasteiger partial charge in [0.2, 0.25) is 0 Å². The van der Waals surface area contributed by atoms with E-state index in [1.807, 2.05) is 48.0 Å². The third-order valence-electron chi connectivity index (χ3n) is 3.69. The lowest BCUT2D eigenvalue weighted by atomic mass is 10.1. The zero-order valence-corrected chi connectivity index (χ0v) is 13.5. The molecule has 1 heterocycles. The molecule has 3 aromatic rings. The van der Waals surface area contributed by atoms with Gasteiger partial charge in [0, 0.05) is 27.4 Å². The zero-order valence-electron chi connectivity index (χ0n) is 12.0. The molecule has 22 heavy (non-hydrogen) atoms. The summed E-state index contributed by atoms with van der Waals surface area (Å²) in [6, 6.07) is 11.4. The number of aromatic nitrogens is 2. The van der Waals surface area contributed by atoms with E-state index in [0.717, 1.165) is 34.0 Å². The second kappa shape index (κ2) is 6.11. The number of halogens is 2. The number of rotatable bonds is 4.